The molecule has 4 bridgehead atoms. The molecule has 0 aromatic carbocycles. The first-order valence-electron chi connectivity index (χ1n) is 13.3. The summed E-state index contributed by atoms with van der Waals surface area (Å²) in [5, 5.41) is 0. The van der Waals surface area contributed by atoms with Gasteiger partial charge in [-0.2, -0.15) is 0 Å². The van der Waals surface area contributed by atoms with Crippen molar-refractivity contribution in [1.29, 1.82) is 0 Å². The minimum absolute atomic E-state index is 0.0248. The van der Waals surface area contributed by atoms with Crippen molar-refractivity contribution in [2.45, 2.75) is 66.2 Å². The molecule has 14 heteroatoms. The molecule has 4 N–H and O–H groups in total. The Morgan fingerprint density at radius 3 is 1.25 bits per heavy atom. The van der Waals surface area contributed by atoms with Crippen molar-refractivity contribution >= 4 is 31.8 Å². The molecule has 40 heavy (non-hydrogen) atoms. The van der Waals surface area contributed by atoms with Crippen LogP contribution in [0.1, 0.15) is 66.2 Å². The lowest BCUT2D eigenvalue weighted by Crippen LogP contribution is -2.42. The Bertz CT molecular complexity index is 1230. The first-order valence-corrected chi connectivity index (χ1v) is 16.4. The Morgan fingerprint density at radius 1 is 0.750 bits per heavy atom. The number of hydrogen-bond acceptors (Lipinski definition) is 8. The molecule has 0 spiro atoms. The number of imidazole rings is 2. The molecule has 2 aromatic heterocycles. The highest BCUT2D eigenvalue weighted by atomic mass is 32.2. The van der Waals surface area contributed by atoms with E-state index in [0.29, 0.717) is 25.7 Å². The average Bonchev–Trinajstić information content (AvgIpc) is 3.65. The van der Waals surface area contributed by atoms with Gasteiger partial charge in [0.15, 0.2) is 0 Å². The van der Waals surface area contributed by atoms with E-state index in [4.69, 9.17) is 0 Å². The van der Waals surface area contributed by atoms with Gasteiger partial charge in [-0.15, -0.1) is 0 Å². The third-order valence-electron chi connectivity index (χ3n) is 10.0. The Kier molecular flexibility index (Phi) is 9.19. The zero-order chi connectivity index (χ0) is 30.0. The van der Waals surface area contributed by atoms with Crippen LogP contribution in [0.4, 0.5) is 0 Å². The fraction of sp³-hybridized carbons (Fsp3) is 0.692. The van der Waals surface area contributed by atoms with E-state index in [1.54, 1.807) is 12.7 Å². The van der Waals surface area contributed by atoms with Gasteiger partial charge in [-0.1, -0.05) is 27.7 Å². The topological polar surface area (TPSA) is 208 Å². The largest absolute Gasteiger partial charge is 0.748 e. The lowest BCUT2D eigenvalue weighted by atomic mass is 9.70. The number of H-pyrrole nitrogens is 4. The molecule has 0 radical (unpaired) electrons. The Morgan fingerprint density at radius 2 is 1.10 bits per heavy atom. The highest BCUT2D eigenvalue weighted by molar-refractivity contribution is 7.86. The van der Waals surface area contributed by atoms with E-state index in [2.05, 4.69) is 19.9 Å². The van der Waals surface area contributed by atoms with Crippen LogP contribution in [-0.4, -0.2) is 59.0 Å². The van der Waals surface area contributed by atoms with Gasteiger partial charge in [0.2, 0.25) is 12.7 Å². The molecule has 224 valence electrons. The van der Waals surface area contributed by atoms with Crippen molar-refractivity contribution in [1.82, 2.24) is 9.97 Å². The van der Waals surface area contributed by atoms with Crippen LogP contribution in [0.25, 0.3) is 0 Å². The summed E-state index contributed by atoms with van der Waals surface area (Å²) in [6.45, 7) is 7.67. The van der Waals surface area contributed by atoms with Gasteiger partial charge in [-0.05, 0) is 48.3 Å². The number of nitrogens with one attached hydrogen (secondary N) is 4. The lowest BCUT2D eigenvalue weighted by Gasteiger charge is -2.37. The molecule has 2 aromatic rings. The molecule has 4 saturated carbocycles. The molecule has 0 aliphatic heterocycles. The third-order valence-corrected chi connectivity index (χ3v) is 11.7. The maximum absolute atomic E-state index is 11.8. The van der Waals surface area contributed by atoms with Gasteiger partial charge >= 0.3 is 0 Å². The fourth-order valence-corrected chi connectivity index (χ4v) is 9.86. The van der Waals surface area contributed by atoms with Crippen LogP contribution in [0.2, 0.25) is 0 Å². The molecule has 0 saturated heterocycles. The number of rotatable bonds is 4. The normalized spacial score (nSPS) is 30.9. The van der Waals surface area contributed by atoms with Gasteiger partial charge in [-0.3, -0.25) is 29.5 Å². The van der Waals surface area contributed by atoms with Gasteiger partial charge in [0.1, 0.15) is 36.4 Å². The van der Waals surface area contributed by atoms with Crippen LogP contribution in [-0.2, 0) is 29.8 Å². The minimum Gasteiger partial charge on any atom is -0.748 e. The summed E-state index contributed by atoms with van der Waals surface area (Å²) in [6.07, 6.45) is 14.5. The van der Waals surface area contributed by atoms with Crippen LogP contribution < -0.4 is 9.97 Å². The Balaban J connectivity index is 0.000000164. The third kappa shape index (κ3) is 6.39. The Labute approximate surface area is 235 Å². The monoisotopic (exact) mass is 600 g/mol. The van der Waals surface area contributed by atoms with Crippen molar-refractivity contribution in [3.63, 3.8) is 0 Å². The average molecular weight is 601 g/mol. The van der Waals surface area contributed by atoms with Crippen molar-refractivity contribution in [2.24, 2.45) is 33.5 Å². The van der Waals surface area contributed by atoms with Crippen molar-refractivity contribution in [2.75, 3.05) is 11.5 Å². The summed E-state index contributed by atoms with van der Waals surface area (Å²) >= 11 is 0. The first-order chi connectivity index (χ1) is 18.4. The van der Waals surface area contributed by atoms with Crippen LogP contribution in [0.5, 0.6) is 0 Å². The first kappa shape index (κ1) is 32.1. The van der Waals surface area contributed by atoms with E-state index >= 15 is 0 Å². The zero-order valence-electron chi connectivity index (χ0n) is 23.4. The number of carbonyl (C=O) groups is 2. The smallest absolute Gasteiger partial charge is 0.239 e. The number of carbonyl (C=O) groups excluding carboxylic acids is 2. The van der Waals surface area contributed by atoms with Crippen LogP contribution in [0.15, 0.2) is 37.4 Å². The van der Waals surface area contributed by atoms with Crippen molar-refractivity contribution < 1.29 is 45.5 Å². The van der Waals surface area contributed by atoms with Gasteiger partial charge < -0.3 is 9.11 Å². The number of fused-ring (bicyclic) bond motifs is 4. The molecule has 6 rings (SSSR count). The standard InChI is InChI=1S/2C10H16O4S.2C3H4N2/c2*1-9(2)7-3-4-10(9,8(11)5-7)6-15(12,13)14;2*1-2-5-3-4-1/h2*7H,3-6H2,1-2H3,(H,12,13,14);2*1-3H,(H,4,5)/t2*7-,10-;;/m00../s1. The number of aromatic nitrogens is 4. The molecular weight excluding hydrogens is 560 g/mol. The maximum atomic E-state index is 11.8. The quantitative estimate of drug-likeness (QED) is 0.490. The molecule has 0 unspecified atom stereocenters. The van der Waals surface area contributed by atoms with Crippen molar-refractivity contribution in [3.8, 4) is 0 Å². The maximum Gasteiger partial charge on any atom is 0.239 e. The van der Waals surface area contributed by atoms with Crippen LogP contribution in [0, 0.1) is 33.5 Å². The van der Waals surface area contributed by atoms with E-state index in [-0.39, 0.29) is 34.2 Å². The van der Waals surface area contributed by atoms with E-state index in [1.165, 1.54) is 0 Å². The molecule has 4 atom stereocenters. The predicted molar refractivity (Wildman–Crippen MR) is 141 cm³/mol. The summed E-state index contributed by atoms with van der Waals surface area (Å²) in [7, 11) is -8.65. The second-order valence-electron chi connectivity index (χ2n) is 12.4. The minimum atomic E-state index is -4.33. The highest BCUT2D eigenvalue weighted by Gasteiger charge is 2.65. The second-order valence-corrected chi connectivity index (χ2v) is 15.2. The lowest BCUT2D eigenvalue weighted by molar-refractivity contribution is -0.376. The van der Waals surface area contributed by atoms with E-state index < -0.39 is 42.6 Å². The molecule has 0 amide bonds. The number of hydrogen-bond donors (Lipinski definition) is 2. The molecule has 2 heterocycles. The van der Waals surface area contributed by atoms with Gasteiger partial charge in [0, 0.05) is 23.7 Å². The highest BCUT2D eigenvalue weighted by Crippen LogP contribution is 2.65. The number of Topliss-reactive ketones (excluding diaryl/α,β-unsaturated/α-hetero) is 2. The summed E-state index contributed by atoms with van der Waals surface area (Å²) in [4.78, 5) is 34.9. The Hall–Kier alpha value is -2.42. The molecule has 4 aliphatic rings. The summed E-state index contributed by atoms with van der Waals surface area (Å²) in [5.41, 5.74) is -2.44. The molecule has 4 aliphatic carbocycles. The van der Waals surface area contributed by atoms with Gasteiger partial charge in [-0.25, -0.2) is 16.8 Å². The second kappa shape index (κ2) is 11.5. The summed E-state index contributed by atoms with van der Waals surface area (Å²) in [5.74, 6) is -0.560. The predicted octanol–water partition coefficient (Wildman–Crippen LogP) is 1.51. The van der Waals surface area contributed by atoms with Crippen LogP contribution in [0.3, 0.4) is 0 Å². The molecule has 12 nitrogen and oxygen atoms in total. The van der Waals surface area contributed by atoms with E-state index in [1.807, 2.05) is 52.5 Å². The number of ketones is 2. The molecular formula is C26H40N4O8S2. The van der Waals surface area contributed by atoms with Gasteiger partial charge in [0.05, 0.1) is 31.7 Å². The number of aromatic amines is 4. The SMILES string of the molecule is CC1(C)[C@H]2CC[C@]1(CS(=O)(=O)[O-])C(=O)C2.CC1(C)[C@H]2CC[C@]1(CS(=O)(=O)[O-])C(=O)C2.c1c[nH+]c[nH]1.c1c[nH+]c[nH]1. The summed E-state index contributed by atoms with van der Waals surface area (Å²) < 4.78 is 65.4. The zero-order valence-corrected chi connectivity index (χ0v) is 25.0. The van der Waals surface area contributed by atoms with Crippen LogP contribution >= 0.6 is 0 Å². The van der Waals surface area contributed by atoms with Crippen molar-refractivity contribution in [3.05, 3.63) is 37.4 Å². The van der Waals surface area contributed by atoms with E-state index in [0.717, 1.165) is 12.8 Å². The fourth-order valence-electron chi connectivity index (χ4n) is 7.30. The van der Waals surface area contributed by atoms with Gasteiger partial charge in [0.25, 0.3) is 0 Å². The van der Waals surface area contributed by atoms with E-state index in [9.17, 15) is 35.5 Å². The summed E-state index contributed by atoms with van der Waals surface area (Å²) in [6, 6.07) is 0. The molecule has 4 fully saturated rings.